The number of nitrogens with zero attached hydrogens (tertiary/aromatic N) is 2. The number of halogens is 3. The minimum absolute atomic E-state index is 0.00375. The summed E-state index contributed by atoms with van der Waals surface area (Å²) in [4.78, 5) is 3.69. The van der Waals surface area contributed by atoms with Crippen LogP contribution in [0.15, 0.2) is 6.07 Å². The SMILES string of the molecule is COc1cc(C#N)nc(I)c1C(F)F. The Bertz CT molecular complexity index is 390. The topological polar surface area (TPSA) is 45.9 Å². The Kier molecular flexibility index (Phi) is 3.57. The van der Waals surface area contributed by atoms with Crippen molar-refractivity contribution in [2.75, 3.05) is 7.11 Å². The van der Waals surface area contributed by atoms with Gasteiger partial charge in [0.1, 0.15) is 21.2 Å². The predicted molar refractivity (Wildman–Crippen MR) is 53.2 cm³/mol. The number of aromatic nitrogens is 1. The fourth-order valence-corrected chi connectivity index (χ4v) is 1.69. The van der Waals surface area contributed by atoms with Crippen LogP contribution in [-0.4, -0.2) is 12.1 Å². The van der Waals surface area contributed by atoms with Gasteiger partial charge in [-0.2, -0.15) is 5.26 Å². The van der Waals surface area contributed by atoms with Gasteiger partial charge in [-0.1, -0.05) is 0 Å². The van der Waals surface area contributed by atoms with Crippen LogP contribution in [-0.2, 0) is 0 Å². The lowest BCUT2D eigenvalue weighted by molar-refractivity contribution is 0.145. The molecule has 6 heteroatoms. The molecule has 74 valence electrons. The predicted octanol–water partition coefficient (Wildman–Crippen LogP) is 2.50. The zero-order valence-corrected chi connectivity index (χ0v) is 9.25. The highest BCUT2D eigenvalue weighted by Gasteiger charge is 2.19. The van der Waals surface area contributed by atoms with Crippen molar-refractivity contribution in [3.05, 3.63) is 21.0 Å². The lowest BCUT2D eigenvalue weighted by atomic mass is 10.2. The van der Waals surface area contributed by atoms with E-state index in [9.17, 15) is 8.78 Å². The third-order valence-electron chi connectivity index (χ3n) is 1.53. The van der Waals surface area contributed by atoms with Gasteiger partial charge in [-0.15, -0.1) is 0 Å². The molecule has 0 aliphatic heterocycles. The van der Waals surface area contributed by atoms with Crippen LogP contribution in [0.1, 0.15) is 17.7 Å². The van der Waals surface area contributed by atoms with Crippen molar-refractivity contribution < 1.29 is 13.5 Å². The molecule has 0 saturated carbocycles. The first-order valence-electron chi connectivity index (χ1n) is 3.52. The highest BCUT2D eigenvalue weighted by atomic mass is 127. The number of hydrogen-bond donors (Lipinski definition) is 0. The summed E-state index contributed by atoms with van der Waals surface area (Å²) in [6, 6.07) is 2.97. The Labute approximate surface area is 92.8 Å². The molecule has 3 nitrogen and oxygen atoms in total. The third-order valence-corrected chi connectivity index (χ3v) is 2.35. The maximum atomic E-state index is 12.5. The average molecular weight is 310 g/mol. The monoisotopic (exact) mass is 310 g/mol. The number of methoxy groups -OCH3 is 1. The van der Waals surface area contributed by atoms with Crippen LogP contribution in [0, 0.1) is 15.0 Å². The fraction of sp³-hybridized carbons (Fsp3) is 0.250. The summed E-state index contributed by atoms with van der Waals surface area (Å²) in [7, 11) is 1.28. The number of ether oxygens (including phenoxy) is 1. The van der Waals surface area contributed by atoms with Crippen LogP contribution in [0.25, 0.3) is 0 Å². The number of rotatable bonds is 2. The molecule has 0 atom stereocenters. The first-order valence-corrected chi connectivity index (χ1v) is 4.60. The Balaban J connectivity index is 3.36. The van der Waals surface area contributed by atoms with E-state index >= 15 is 0 Å². The molecule has 0 saturated heterocycles. The summed E-state index contributed by atoms with van der Waals surface area (Å²) in [5, 5.41) is 8.55. The number of nitriles is 1. The van der Waals surface area contributed by atoms with Gasteiger partial charge in [0.05, 0.1) is 12.7 Å². The normalized spacial score (nSPS) is 10.0. The second-order valence-corrected chi connectivity index (χ2v) is 3.35. The lowest BCUT2D eigenvalue weighted by Gasteiger charge is -2.08. The van der Waals surface area contributed by atoms with Gasteiger partial charge in [-0.25, -0.2) is 13.8 Å². The molecule has 0 spiro atoms. The van der Waals surface area contributed by atoms with Crippen LogP contribution < -0.4 is 4.74 Å². The van der Waals surface area contributed by atoms with Gasteiger partial charge in [-0.3, -0.25) is 0 Å². The standard InChI is InChI=1S/C8H5F2IN2O/c1-14-5-2-4(3-12)13-8(11)6(5)7(9)10/h2,7H,1H3. The third kappa shape index (κ3) is 2.09. The first-order chi connectivity index (χ1) is 6.60. The molecule has 14 heavy (non-hydrogen) atoms. The van der Waals surface area contributed by atoms with Crippen molar-refractivity contribution in [2.45, 2.75) is 6.43 Å². The van der Waals surface area contributed by atoms with Gasteiger partial charge in [0.25, 0.3) is 6.43 Å². The minimum atomic E-state index is -2.66. The van der Waals surface area contributed by atoms with Gasteiger partial charge in [0, 0.05) is 6.07 Å². The Morgan fingerprint density at radius 1 is 1.64 bits per heavy atom. The van der Waals surface area contributed by atoms with Gasteiger partial charge in [0.15, 0.2) is 0 Å². The molecule has 0 unspecified atom stereocenters. The maximum absolute atomic E-state index is 12.5. The highest BCUT2D eigenvalue weighted by molar-refractivity contribution is 14.1. The Morgan fingerprint density at radius 2 is 2.29 bits per heavy atom. The summed E-state index contributed by atoms with van der Waals surface area (Å²) >= 11 is 1.65. The second kappa shape index (κ2) is 4.50. The van der Waals surface area contributed by atoms with Crippen molar-refractivity contribution in [2.24, 2.45) is 0 Å². The fourth-order valence-electron chi connectivity index (χ4n) is 0.926. The van der Waals surface area contributed by atoms with Crippen LogP contribution >= 0.6 is 22.6 Å². The number of alkyl halides is 2. The molecule has 0 N–H and O–H groups in total. The molecule has 1 aromatic rings. The van der Waals surface area contributed by atoms with E-state index in [4.69, 9.17) is 10.00 Å². The maximum Gasteiger partial charge on any atom is 0.269 e. The molecule has 0 aliphatic rings. The molecule has 0 bridgehead atoms. The van der Waals surface area contributed by atoms with Gasteiger partial charge in [-0.05, 0) is 22.6 Å². The Hall–Kier alpha value is -0.970. The molecule has 0 radical (unpaired) electrons. The van der Waals surface area contributed by atoms with E-state index in [1.807, 2.05) is 0 Å². The quantitative estimate of drug-likeness (QED) is 0.623. The van der Waals surface area contributed by atoms with E-state index in [1.165, 1.54) is 13.2 Å². The second-order valence-electron chi connectivity index (χ2n) is 2.33. The molecule has 0 fully saturated rings. The van der Waals surface area contributed by atoms with E-state index in [0.717, 1.165) is 0 Å². The first kappa shape index (κ1) is 11.1. The molecule has 0 aromatic carbocycles. The van der Waals surface area contributed by atoms with E-state index in [-0.39, 0.29) is 20.7 Å². The number of hydrogen-bond acceptors (Lipinski definition) is 3. The van der Waals surface area contributed by atoms with Crippen molar-refractivity contribution in [1.82, 2.24) is 4.98 Å². The number of pyridine rings is 1. The summed E-state index contributed by atoms with van der Waals surface area (Å²) in [6.45, 7) is 0. The van der Waals surface area contributed by atoms with Crippen LogP contribution in [0.3, 0.4) is 0 Å². The molecular weight excluding hydrogens is 305 g/mol. The summed E-state index contributed by atoms with van der Waals surface area (Å²) < 4.78 is 29.9. The largest absolute Gasteiger partial charge is 0.496 e. The van der Waals surface area contributed by atoms with Gasteiger partial charge >= 0.3 is 0 Å². The lowest BCUT2D eigenvalue weighted by Crippen LogP contribution is -2.00. The molecule has 1 aromatic heterocycles. The molecule has 1 rings (SSSR count). The van der Waals surface area contributed by atoms with Crippen molar-refractivity contribution >= 4 is 22.6 Å². The molecule has 0 aliphatic carbocycles. The molecule has 0 amide bonds. The Morgan fingerprint density at radius 3 is 2.71 bits per heavy atom. The van der Waals surface area contributed by atoms with Crippen LogP contribution in [0.2, 0.25) is 0 Å². The van der Waals surface area contributed by atoms with Gasteiger partial charge in [0.2, 0.25) is 0 Å². The van der Waals surface area contributed by atoms with Crippen LogP contribution in [0.4, 0.5) is 8.78 Å². The van der Waals surface area contributed by atoms with E-state index in [1.54, 1.807) is 28.7 Å². The van der Waals surface area contributed by atoms with E-state index in [2.05, 4.69) is 4.98 Å². The zero-order chi connectivity index (χ0) is 10.7. The summed E-state index contributed by atoms with van der Waals surface area (Å²) in [5.74, 6) is -0.00375. The van der Waals surface area contributed by atoms with Crippen molar-refractivity contribution in [3.63, 3.8) is 0 Å². The van der Waals surface area contributed by atoms with Gasteiger partial charge < -0.3 is 4.74 Å². The van der Waals surface area contributed by atoms with Crippen molar-refractivity contribution in [1.29, 1.82) is 5.26 Å². The average Bonchev–Trinajstić information content (AvgIpc) is 2.15. The van der Waals surface area contributed by atoms with E-state index < -0.39 is 6.43 Å². The van der Waals surface area contributed by atoms with E-state index in [0.29, 0.717) is 0 Å². The zero-order valence-electron chi connectivity index (χ0n) is 7.09. The summed E-state index contributed by atoms with van der Waals surface area (Å²) in [6.07, 6.45) is -2.66. The molecular formula is C8H5F2IN2O. The van der Waals surface area contributed by atoms with Crippen molar-refractivity contribution in [3.8, 4) is 11.8 Å². The minimum Gasteiger partial charge on any atom is -0.496 e. The molecule has 1 heterocycles. The summed E-state index contributed by atoms with van der Waals surface area (Å²) in [5.41, 5.74) is -0.206. The highest BCUT2D eigenvalue weighted by Crippen LogP contribution is 2.32. The smallest absolute Gasteiger partial charge is 0.269 e. The van der Waals surface area contributed by atoms with Crippen LogP contribution in [0.5, 0.6) is 5.75 Å².